The summed E-state index contributed by atoms with van der Waals surface area (Å²) < 4.78 is 23.7. The standard InChI is InChI=1S/C6H14N2O3S/c1-6(2,3)12(10,11)8-4-5(7)9/h8H,4H2,1-3H3,(H2,7,9). The molecule has 0 bridgehead atoms. The summed E-state index contributed by atoms with van der Waals surface area (Å²) in [5.41, 5.74) is 4.78. The summed E-state index contributed by atoms with van der Waals surface area (Å²) in [5.74, 6) is -0.692. The number of rotatable bonds is 3. The SMILES string of the molecule is CC(C)(C)S(=O)(=O)NCC(N)=O. The maximum absolute atomic E-state index is 11.2. The zero-order chi connectivity index (χ0) is 9.99. The van der Waals surface area contributed by atoms with Crippen LogP contribution in [0, 0.1) is 0 Å². The zero-order valence-electron chi connectivity index (χ0n) is 7.42. The first-order chi connectivity index (χ1) is 5.17. The molecule has 0 rings (SSSR count). The summed E-state index contributed by atoms with van der Waals surface area (Å²) in [7, 11) is -3.44. The highest BCUT2D eigenvalue weighted by molar-refractivity contribution is 7.90. The highest BCUT2D eigenvalue weighted by Crippen LogP contribution is 2.12. The number of hydrogen-bond acceptors (Lipinski definition) is 3. The van der Waals surface area contributed by atoms with Crippen LogP contribution in [-0.4, -0.2) is 25.6 Å². The average molecular weight is 194 g/mol. The number of hydrogen-bond donors (Lipinski definition) is 2. The first-order valence-corrected chi connectivity index (χ1v) is 4.92. The second kappa shape index (κ2) is 3.40. The summed E-state index contributed by atoms with van der Waals surface area (Å²) in [6.07, 6.45) is 0. The van der Waals surface area contributed by atoms with E-state index in [-0.39, 0.29) is 6.54 Å². The number of primary amides is 1. The van der Waals surface area contributed by atoms with Crippen LogP contribution < -0.4 is 10.5 Å². The van der Waals surface area contributed by atoms with Gasteiger partial charge in [0.05, 0.1) is 11.3 Å². The van der Waals surface area contributed by atoms with Crippen molar-refractivity contribution in [2.45, 2.75) is 25.5 Å². The van der Waals surface area contributed by atoms with Crippen LogP contribution in [0.4, 0.5) is 0 Å². The summed E-state index contributed by atoms with van der Waals surface area (Å²) >= 11 is 0. The molecule has 0 atom stereocenters. The maximum atomic E-state index is 11.2. The Morgan fingerprint density at radius 1 is 1.42 bits per heavy atom. The first kappa shape index (κ1) is 11.4. The molecule has 0 radical (unpaired) electrons. The van der Waals surface area contributed by atoms with Crippen LogP contribution in [0.5, 0.6) is 0 Å². The topological polar surface area (TPSA) is 89.3 Å². The van der Waals surface area contributed by atoms with E-state index in [0.717, 1.165) is 0 Å². The Kier molecular flexibility index (Phi) is 3.23. The van der Waals surface area contributed by atoms with E-state index in [4.69, 9.17) is 5.73 Å². The Hall–Kier alpha value is -0.620. The van der Waals surface area contributed by atoms with Crippen molar-refractivity contribution in [1.82, 2.24) is 4.72 Å². The molecule has 0 aliphatic carbocycles. The molecule has 0 spiro atoms. The molecule has 0 aliphatic heterocycles. The van der Waals surface area contributed by atoms with Gasteiger partial charge in [0.1, 0.15) is 0 Å². The van der Waals surface area contributed by atoms with Crippen molar-refractivity contribution >= 4 is 15.9 Å². The van der Waals surface area contributed by atoms with Gasteiger partial charge >= 0.3 is 0 Å². The Morgan fingerprint density at radius 3 is 2.08 bits per heavy atom. The van der Waals surface area contributed by atoms with Crippen molar-refractivity contribution in [3.63, 3.8) is 0 Å². The molecule has 0 saturated carbocycles. The Balaban J connectivity index is 4.37. The van der Waals surface area contributed by atoms with Crippen LogP contribution in [-0.2, 0) is 14.8 Å². The number of nitrogens with one attached hydrogen (secondary N) is 1. The van der Waals surface area contributed by atoms with Gasteiger partial charge in [-0.15, -0.1) is 0 Å². The fourth-order valence-electron chi connectivity index (χ4n) is 0.383. The van der Waals surface area contributed by atoms with Crippen LogP contribution >= 0.6 is 0 Å². The van der Waals surface area contributed by atoms with E-state index in [9.17, 15) is 13.2 Å². The molecule has 12 heavy (non-hydrogen) atoms. The lowest BCUT2D eigenvalue weighted by molar-refractivity contribution is -0.116. The largest absolute Gasteiger partial charge is 0.369 e. The molecule has 0 fully saturated rings. The number of nitrogens with two attached hydrogens (primary N) is 1. The molecular weight excluding hydrogens is 180 g/mol. The van der Waals surface area contributed by atoms with Crippen molar-refractivity contribution in [2.75, 3.05) is 6.54 Å². The maximum Gasteiger partial charge on any atom is 0.232 e. The second-order valence-corrected chi connectivity index (χ2v) is 5.92. The molecule has 0 unspecified atom stereocenters. The van der Waals surface area contributed by atoms with Gasteiger partial charge in [-0.1, -0.05) is 0 Å². The summed E-state index contributed by atoms with van der Waals surface area (Å²) in [6, 6.07) is 0. The smallest absolute Gasteiger partial charge is 0.232 e. The van der Waals surface area contributed by atoms with Crippen molar-refractivity contribution in [3.05, 3.63) is 0 Å². The van der Waals surface area contributed by atoms with Gasteiger partial charge in [0.15, 0.2) is 0 Å². The third-order valence-electron chi connectivity index (χ3n) is 1.24. The fourth-order valence-corrected chi connectivity index (χ4v) is 1.15. The Labute approximate surface area is 72.4 Å². The van der Waals surface area contributed by atoms with Crippen LogP contribution in [0.2, 0.25) is 0 Å². The lowest BCUT2D eigenvalue weighted by Crippen LogP contribution is -2.42. The van der Waals surface area contributed by atoms with Crippen molar-refractivity contribution in [3.8, 4) is 0 Å². The van der Waals surface area contributed by atoms with Gasteiger partial charge in [-0.2, -0.15) is 0 Å². The highest BCUT2D eigenvalue weighted by atomic mass is 32.2. The molecule has 72 valence electrons. The lowest BCUT2D eigenvalue weighted by Gasteiger charge is -2.18. The van der Waals surface area contributed by atoms with E-state index in [0.29, 0.717) is 0 Å². The molecule has 0 aromatic heterocycles. The molecule has 6 heteroatoms. The predicted molar refractivity (Wildman–Crippen MR) is 45.9 cm³/mol. The van der Waals surface area contributed by atoms with Crippen LogP contribution in [0.15, 0.2) is 0 Å². The quantitative estimate of drug-likeness (QED) is 0.615. The highest BCUT2D eigenvalue weighted by Gasteiger charge is 2.28. The van der Waals surface area contributed by atoms with Crippen LogP contribution in [0.1, 0.15) is 20.8 Å². The minimum atomic E-state index is -3.44. The number of amides is 1. The molecule has 0 heterocycles. The van der Waals surface area contributed by atoms with Crippen molar-refractivity contribution in [1.29, 1.82) is 0 Å². The Bertz CT molecular complexity index is 263. The van der Waals surface area contributed by atoms with Gasteiger partial charge in [0.25, 0.3) is 0 Å². The van der Waals surface area contributed by atoms with Gasteiger partial charge in [-0.3, -0.25) is 4.79 Å². The van der Waals surface area contributed by atoms with Gasteiger partial charge in [-0.05, 0) is 20.8 Å². The molecule has 0 aromatic rings. The zero-order valence-corrected chi connectivity index (χ0v) is 8.23. The molecule has 1 amide bonds. The van der Waals surface area contributed by atoms with Gasteiger partial charge in [0, 0.05) is 0 Å². The van der Waals surface area contributed by atoms with E-state index < -0.39 is 20.7 Å². The van der Waals surface area contributed by atoms with E-state index in [1.165, 1.54) is 20.8 Å². The van der Waals surface area contributed by atoms with E-state index in [1.807, 2.05) is 0 Å². The summed E-state index contributed by atoms with van der Waals surface area (Å²) in [6.45, 7) is 4.27. The minimum Gasteiger partial charge on any atom is -0.369 e. The molecule has 0 aromatic carbocycles. The predicted octanol–water partition coefficient (Wildman–Crippen LogP) is -0.810. The lowest BCUT2D eigenvalue weighted by atomic mass is 10.3. The number of sulfonamides is 1. The van der Waals surface area contributed by atoms with Gasteiger partial charge in [-0.25, -0.2) is 13.1 Å². The molecule has 0 aliphatic rings. The minimum absolute atomic E-state index is 0.348. The van der Waals surface area contributed by atoms with E-state index >= 15 is 0 Å². The van der Waals surface area contributed by atoms with Crippen LogP contribution in [0.3, 0.4) is 0 Å². The van der Waals surface area contributed by atoms with Gasteiger partial charge in [0.2, 0.25) is 15.9 Å². The molecular formula is C6H14N2O3S. The van der Waals surface area contributed by atoms with Crippen LogP contribution in [0.25, 0.3) is 0 Å². The van der Waals surface area contributed by atoms with E-state index in [2.05, 4.69) is 4.72 Å². The first-order valence-electron chi connectivity index (χ1n) is 3.44. The van der Waals surface area contributed by atoms with Crippen molar-refractivity contribution in [2.24, 2.45) is 5.73 Å². The molecule has 5 nitrogen and oxygen atoms in total. The molecule has 3 N–H and O–H groups in total. The third-order valence-corrected chi connectivity index (χ3v) is 3.38. The number of carbonyl (C=O) groups is 1. The second-order valence-electron chi connectivity index (χ2n) is 3.40. The summed E-state index contributed by atoms with van der Waals surface area (Å²) in [4.78, 5) is 10.3. The summed E-state index contributed by atoms with van der Waals surface area (Å²) in [5, 5.41) is 0. The normalized spacial score (nSPS) is 12.9. The Morgan fingerprint density at radius 2 is 1.83 bits per heavy atom. The van der Waals surface area contributed by atoms with Gasteiger partial charge < -0.3 is 5.73 Å². The van der Waals surface area contributed by atoms with Crippen molar-refractivity contribution < 1.29 is 13.2 Å². The van der Waals surface area contributed by atoms with E-state index in [1.54, 1.807) is 0 Å². The number of carbonyl (C=O) groups excluding carboxylic acids is 1. The monoisotopic (exact) mass is 194 g/mol. The average Bonchev–Trinajstić information content (AvgIpc) is 1.81. The fraction of sp³-hybridized carbons (Fsp3) is 0.833. The third kappa shape index (κ3) is 3.19. The molecule has 0 saturated heterocycles.